The van der Waals surface area contributed by atoms with Crippen LogP contribution in [-0.4, -0.2) is 25.1 Å². The smallest absolute Gasteiger partial charge is 0.383 e. The minimum Gasteiger partial charge on any atom is -0.383 e. The normalized spacial score (nSPS) is 11.6. The first-order valence-electron chi connectivity index (χ1n) is 9.91. The molecule has 34 heavy (non-hydrogen) atoms. The van der Waals surface area contributed by atoms with Crippen molar-refractivity contribution in [2.75, 3.05) is 5.73 Å². The Labute approximate surface area is 200 Å². The van der Waals surface area contributed by atoms with Gasteiger partial charge in [0.2, 0.25) is 0 Å². The number of hydrogen-bond donors (Lipinski definition) is 1. The molecule has 0 spiro atoms. The second-order valence-electron chi connectivity index (χ2n) is 7.41. The molecule has 4 aromatic rings. The summed E-state index contributed by atoms with van der Waals surface area (Å²) >= 11 is 3.36. The van der Waals surface area contributed by atoms with E-state index in [0.29, 0.717) is 27.1 Å². The molecule has 6 nitrogen and oxygen atoms in total. The maximum absolute atomic E-state index is 14.3. The summed E-state index contributed by atoms with van der Waals surface area (Å²) < 4.78 is 53.5. The molecule has 2 N–H and O–H groups in total. The minimum absolute atomic E-state index is 0.00985. The van der Waals surface area contributed by atoms with E-state index in [1.807, 2.05) is 12.1 Å². The van der Waals surface area contributed by atoms with Crippen molar-refractivity contribution in [2.45, 2.75) is 19.3 Å². The summed E-state index contributed by atoms with van der Waals surface area (Å²) in [5.74, 6) is -0.159. The molecule has 4 rings (SSSR count). The van der Waals surface area contributed by atoms with Crippen LogP contribution in [0.2, 0.25) is 0 Å². The van der Waals surface area contributed by atoms with E-state index in [9.17, 15) is 17.6 Å². The molecule has 0 aliphatic heterocycles. The molecule has 0 unspecified atom stereocenters. The molecule has 0 aliphatic carbocycles. The van der Waals surface area contributed by atoms with Crippen molar-refractivity contribution < 1.29 is 17.6 Å². The molecule has 0 saturated heterocycles. The number of halogens is 5. The zero-order valence-corrected chi connectivity index (χ0v) is 19.1. The highest BCUT2D eigenvalue weighted by atomic mass is 79.9. The van der Waals surface area contributed by atoms with Crippen molar-refractivity contribution in [3.8, 4) is 0 Å². The molecule has 0 saturated carbocycles. The lowest BCUT2D eigenvalue weighted by molar-refractivity contribution is -0.141. The van der Waals surface area contributed by atoms with Gasteiger partial charge in [-0.2, -0.15) is 18.3 Å². The van der Waals surface area contributed by atoms with Crippen LogP contribution in [0.5, 0.6) is 0 Å². The van der Waals surface area contributed by atoms with E-state index in [0.717, 1.165) is 11.5 Å². The zero-order chi connectivity index (χ0) is 24.5. The second kappa shape index (κ2) is 9.34. The molecule has 0 fully saturated rings. The summed E-state index contributed by atoms with van der Waals surface area (Å²) in [5, 5.41) is 7.76. The molecule has 11 heteroatoms. The van der Waals surface area contributed by atoms with E-state index in [2.05, 4.69) is 42.7 Å². The van der Waals surface area contributed by atoms with E-state index in [4.69, 9.17) is 5.73 Å². The Balaban J connectivity index is 1.68. The van der Waals surface area contributed by atoms with Crippen molar-refractivity contribution in [3.05, 3.63) is 94.2 Å². The van der Waals surface area contributed by atoms with Crippen LogP contribution >= 0.6 is 15.9 Å². The van der Waals surface area contributed by atoms with E-state index in [1.165, 1.54) is 24.4 Å². The fourth-order valence-electron chi connectivity index (χ4n) is 3.28. The van der Waals surface area contributed by atoms with Crippen LogP contribution in [0.25, 0.3) is 16.6 Å². The van der Waals surface area contributed by atoms with E-state index in [1.54, 1.807) is 17.0 Å². The number of hydrogen-bond acceptors (Lipinski definition) is 6. The number of nitrogens with two attached hydrogens (primary N) is 1. The second-order valence-corrected chi connectivity index (χ2v) is 8.26. The first kappa shape index (κ1) is 23.6. The molecule has 0 aliphatic rings. The average molecular weight is 533 g/mol. The largest absolute Gasteiger partial charge is 0.435 e. The Hall–Kier alpha value is -3.60. The number of nitrogen functional groups attached to an aromatic ring is 1. The third-order valence-electron chi connectivity index (χ3n) is 5.05. The summed E-state index contributed by atoms with van der Waals surface area (Å²) in [6.07, 6.45) is -3.14. The Morgan fingerprint density at radius 3 is 2.53 bits per heavy atom. The number of anilines is 1. The average Bonchev–Trinajstić information content (AvgIpc) is 2.80. The molecule has 3 heterocycles. The molecular weight excluding hydrogens is 516 g/mol. The summed E-state index contributed by atoms with van der Waals surface area (Å²) in [6, 6.07) is 12.1. The van der Waals surface area contributed by atoms with E-state index in [-0.39, 0.29) is 24.5 Å². The lowest BCUT2D eigenvalue weighted by Crippen LogP contribution is -2.23. The van der Waals surface area contributed by atoms with Gasteiger partial charge in [0, 0.05) is 17.3 Å². The van der Waals surface area contributed by atoms with Gasteiger partial charge >= 0.3 is 6.18 Å². The van der Waals surface area contributed by atoms with Crippen molar-refractivity contribution >= 4 is 38.3 Å². The predicted molar refractivity (Wildman–Crippen MR) is 123 cm³/mol. The summed E-state index contributed by atoms with van der Waals surface area (Å²) in [7, 11) is 0. The highest BCUT2D eigenvalue weighted by molar-refractivity contribution is 9.10. The monoisotopic (exact) mass is 532 g/mol. The Morgan fingerprint density at radius 1 is 1.06 bits per heavy atom. The van der Waals surface area contributed by atoms with Gasteiger partial charge in [-0.05, 0) is 64.0 Å². The maximum Gasteiger partial charge on any atom is 0.435 e. The van der Waals surface area contributed by atoms with Crippen LogP contribution < -0.4 is 5.73 Å². The highest BCUT2D eigenvalue weighted by Gasteiger charge is 2.33. The number of nitrogens with zero attached hydrogens (tertiary/aromatic N) is 5. The Morgan fingerprint density at radius 2 is 1.85 bits per heavy atom. The molecule has 0 atom stereocenters. The first-order chi connectivity index (χ1) is 16.1. The van der Waals surface area contributed by atoms with Gasteiger partial charge in [0.1, 0.15) is 11.6 Å². The number of pyridine rings is 2. The number of alkyl halides is 3. The van der Waals surface area contributed by atoms with Crippen LogP contribution in [0.4, 0.5) is 23.4 Å². The fraction of sp³-hybridized carbons (Fsp3) is 0.130. The van der Waals surface area contributed by atoms with Crippen LogP contribution in [0.1, 0.15) is 22.6 Å². The van der Waals surface area contributed by atoms with Crippen LogP contribution in [-0.2, 0) is 19.3 Å². The molecular formula is C23H17BrF4N6. The molecule has 174 valence electrons. The number of benzene rings is 1. The van der Waals surface area contributed by atoms with Crippen molar-refractivity contribution in [1.29, 1.82) is 0 Å². The predicted octanol–water partition coefficient (Wildman–Crippen LogP) is 5.60. The number of rotatable bonds is 6. The van der Waals surface area contributed by atoms with Gasteiger partial charge in [-0.3, -0.25) is 4.98 Å². The summed E-state index contributed by atoms with van der Waals surface area (Å²) in [4.78, 5) is 10.1. The molecule has 0 radical (unpaired) electrons. The van der Waals surface area contributed by atoms with Gasteiger partial charge in [-0.25, -0.2) is 9.37 Å². The Bertz CT molecular complexity index is 1360. The third-order valence-corrected chi connectivity index (χ3v) is 5.68. The fourth-order valence-corrected chi connectivity index (χ4v) is 3.62. The minimum atomic E-state index is -4.59. The third kappa shape index (κ3) is 5.14. The van der Waals surface area contributed by atoms with Gasteiger partial charge in [0.05, 0.1) is 34.5 Å². The van der Waals surface area contributed by atoms with Crippen molar-refractivity contribution in [2.24, 2.45) is 0 Å². The number of fused-ring (bicyclic) bond motifs is 1. The van der Waals surface area contributed by atoms with Crippen molar-refractivity contribution in [3.63, 3.8) is 0 Å². The number of aromatic nitrogens is 4. The lowest BCUT2D eigenvalue weighted by Gasteiger charge is -2.26. The Kier molecular flexibility index (Phi) is 6.47. The van der Waals surface area contributed by atoms with Gasteiger partial charge in [-0.15, -0.1) is 5.10 Å². The van der Waals surface area contributed by atoms with E-state index >= 15 is 0 Å². The van der Waals surface area contributed by atoms with Gasteiger partial charge in [-0.1, -0.05) is 12.6 Å². The van der Waals surface area contributed by atoms with Crippen molar-refractivity contribution in [1.82, 2.24) is 25.1 Å². The van der Waals surface area contributed by atoms with Crippen LogP contribution in [0.15, 0.2) is 65.8 Å². The standard InChI is InChI=1S/C23H17BrF4N6/c1-13(14-4-6-19-15(9-14)10-17(24)22(29)31-19)34(12-20-18(25)3-2-8-30-20)11-16-5-7-21(33-32-16)23(26,27)28/h2-10H,1,11-12H2,(H2,29,31). The van der Waals surface area contributed by atoms with Gasteiger partial charge in [0.25, 0.3) is 0 Å². The summed E-state index contributed by atoms with van der Waals surface area (Å²) in [6.45, 7) is 4.18. The van der Waals surface area contributed by atoms with Gasteiger partial charge in [0.15, 0.2) is 5.69 Å². The zero-order valence-electron chi connectivity index (χ0n) is 17.5. The molecule has 0 bridgehead atoms. The summed E-state index contributed by atoms with van der Waals surface area (Å²) in [5.41, 5.74) is 7.02. The topological polar surface area (TPSA) is 80.8 Å². The quantitative estimate of drug-likeness (QED) is 0.326. The lowest BCUT2D eigenvalue weighted by atomic mass is 10.1. The molecule has 1 aromatic carbocycles. The van der Waals surface area contributed by atoms with Crippen LogP contribution in [0, 0.1) is 5.82 Å². The van der Waals surface area contributed by atoms with Gasteiger partial charge < -0.3 is 10.6 Å². The van der Waals surface area contributed by atoms with E-state index < -0.39 is 17.7 Å². The highest BCUT2D eigenvalue weighted by Crippen LogP contribution is 2.29. The molecule has 0 amide bonds. The van der Waals surface area contributed by atoms with Crippen LogP contribution in [0.3, 0.4) is 0 Å². The maximum atomic E-state index is 14.3. The SMILES string of the molecule is C=C(c1ccc2nc(N)c(Br)cc2c1)N(Cc1ccc(C(F)(F)F)nn1)Cc1ncccc1F. The molecule has 3 aromatic heterocycles. The first-order valence-corrected chi connectivity index (χ1v) is 10.7.